The Hall–Kier alpha value is -2.13. The molecule has 1 aromatic rings. The number of aromatic hydroxyl groups is 1. The number of nitrogen functional groups attached to an aromatic ring is 1. The number of nitrogens with two attached hydrogens (primary N) is 1. The van der Waals surface area contributed by atoms with Crippen LogP contribution in [0.2, 0.25) is 0 Å². The van der Waals surface area contributed by atoms with Crippen molar-refractivity contribution in [2.75, 3.05) is 5.73 Å². The molecule has 0 bridgehead atoms. The van der Waals surface area contributed by atoms with Gasteiger partial charge < -0.3 is 10.8 Å². The van der Waals surface area contributed by atoms with Crippen LogP contribution in [0.3, 0.4) is 0 Å². The second-order valence-corrected chi connectivity index (χ2v) is 2.41. The van der Waals surface area contributed by atoms with E-state index in [9.17, 15) is 0 Å². The van der Waals surface area contributed by atoms with Gasteiger partial charge >= 0.3 is 0 Å². The molecule has 0 unspecified atom stereocenters. The molecule has 0 amide bonds. The number of benzene rings is 1. The minimum atomic E-state index is 0.0471. The lowest BCUT2D eigenvalue weighted by atomic mass is 10.2. The van der Waals surface area contributed by atoms with E-state index in [1.165, 1.54) is 6.07 Å². The van der Waals surface area contributed by atoms with E-state index >= 15 is 0 Å². The maximum atomic E-state index is 9.09. The molecule has 64 valence electrons. The molecule has 0 aromatic heterocycles. The van der Waals surface area contributed by atoms with Crippen LogP contribution in [-0.2, 0) is 0 Å². The van der Waals surface area contributed by atoms with Crippen LogP contribution in [-0.4, -0.2) is 5.11 Å². The number of rotatable bonds is 0. The normalized spacial score (nSPS) is 8.23. The van der Waals surface area contributed by atoms with Crippen LogP contribution in [0.1, 0.15) is 12.0 Å². The van der Waals surface area contributed by atoms with Gasteiger partial charge in [0.15, 0.2) is 0 Å². The molecular weight excluding hydrogens is 164 g/mol. The highest BCUT2D eigenvalue weighted by atomic mass is 16.3. The third kappa shape index (κ3) is 2.43. The lowest BCUT2D eigenvalue weighted by molar-refractivity contribution is 0.478. The standard InChI is InChI=1S/C10H8N2O/c11-6-2-1-3-8-4-5-10(13)9(12)7-8/h4-5,7,13H,2,12H2. The van der Waals surface area contributed by atoms with Gasteiger partial charge in [0.05, 0.1) is 18.2 Å². The van der Waals surface area contributed by atoms with E-state index in [4.69, 9.17) is 16.1 Å². The van der Waals surface area contributed by atoms with Gasteiger partial charge in [-0.25, -0.2) is 0 Å². The molecule has 0 heterocycles. The third-order valence-corrected chi connectivity index (χ3v) is 1.43. The van der Waals surface area contributed by atoms with Crippen molar-refractivity contribution in [1.29, 1.82) is 5.26 Å². The first-order valence-corrected chi connectivity index (χ1v) is 3.68. The number of anilines is 1. The second-order valence-electron chi connectivity index (χ2n) is 2.41. The third-order valence-electron chi connectivity index (χ3n) is 1.43. The predicted octanol–water partition coefficient (Wildman–Crippen LogP) is 1.24. The average molecular weight is 172 g/mol. The van der Waals surface area contributed by atoms with Crippen LogP contribution in [0.15, 0.2) is 18.2 Å². The quantitative estimate of drug-likeness (QED) is 0.351. The average Bonchev–Trinajstić information content (AvgIpc) is 2.12. The first-order chi connectivity index (χ1) is 6.24. The predicted molar refractivity (Wildman–Crippen MR) is 49.6 cm³/mol. The van der Waals surface area contributed by atoms with Crippen molar-refractivity contribution in [3.05, 3.63) is 23.8 Å². The highest BCUT2D eigenvalue weighted by molar-refractivity contribution is 5.56. The van der Waals surface area contributed by atoms with Crippen LogP contribution in [0.5, 0.6) is 5.75 Å². The largest absolute Gasteiger partial charge is 0.506 e. The molecule has 3 heteroatoms. The van der Waals surface area contributed by atoms with E-state index in [0.29, 0.717) is 11.3 Å². The summed E-state index contributed by atoms with van der Waals surface area (Å²) in [5.41, 5.74) is 6.44. The van der Waals surface area contributed by atoms with Crippen molar-refractivity contribution < 1.29 is 5.11 Å². The van der Waals surface area contributed by atoms with Crippen LogP contribution in [0, 0.1) is 23.2 Å². The molecule has 3 nitrogen and oxygen atoms in total. The molecule has 0 aliphatic carbocycles. The highest BCUT2D eigenvalue weighted by Gasteiger charge is 1.95. The lowest BCUT2D eigenvalue weighted by Gasteiger charge is -1.97. The molecular formula is C10H8N2O. The Balaban J connectivity index is 2.89. The van der Waals surface area contributed by atoms with Gasteiger partial charge in [-0.2, -0.15) is 5.26 Å². The number of hydrogen-bond acceptors (Lipinski definition) is 3. The van der Waals surface area contributed by atoms with Gasteiger partial charge in [-0.15, -0.1) is 0 Å². The zero-order valence-corrected chi connectivity index (χ0v) is 6.91. The molecule has 0 radical (unpaired) electrons. The molecule has 3 N–H and O–H groups in total. The van der Waals surface area contributed by atoms with Gasteiger partial charge in [0.1, 0.15) is 5.75 Å². The first-order valence-electron chi connectivity index (χ1n) is 3.68. The van der Waals surface area contributed by atoms with Gasteiger partial charge in [-0.1, -0.05) is 11.8 Å². The molecule has 0 aliphatic heterocycles. The van der Waals surface area contributed by atoms with E-state index in [1.54, 1.807) is 12.1 Å². The number of nitriles is 1. The Bertz CT molecular complexity index is 407. The van der Waals surface area contributed by atoms with E-state index in [-0.39, 0.29) is 12.2 Å². The molecule has 0 fully saturated rings. The van der Waals surface area contributed by atoms with Crippen molar-refractivity contribution in [3.63, 3.8) is 0 Å². The summed E-state index contributed by atoms with van der Waals surface area (Å²) in [6, 6.07) is 6.61. The number of phenols is 1. The van der Waals surface area contributed by atoms with E-state index in [2.05, 4.69) is 11.8 Å². The highest BCUT2D eigenvalue weighted by Crippen LogP contribution is 2.19. The molecule has 1 rings (SSSR count). The van der Waals surface area contributed by atoms with Crippen molar-refractivity contribution in [2.24, 2.45) is 0 Å². The summed E-state index contributed by atoms with van der Waals surface area (Å²) >= 11 is 0. The molecule has 0 atom stereocenters. The topological polar surface area (TPSA) is 70.0 Å². The zero-order valence-electron chi connectivity index (χ0n) is 6.91. The Labute approximate surface area is 76.4 Å². The fraction of sp³-hybridized carbons (Fsp3) is 0.100. The molecule has 0 saturated heterocycles. The van der Waals surface area contributed by atoms with Crippen LogP contribution < -0.4 is 5.73 Å². The van der Waals surface area contributed by atoms with Gasteiger partial charge in [0, 0.05) is 5.56 Å². The van der Waals surface area contributed by atoms with Crippen LogP contribution >= 0.6 is 0 Å². The van der Waals surface area contributed by atoms with Crippen LogP contribution in [0.25, 0.3) is 0 Å². The number of phenolic OH excluding ortho intramolecular Hbond substituents is 1. The summed E-state index contributed by atoms with van der Waals surface area (Å²) in [6.45, 7) is 0. The van der Waals surface area contributed by atoms with E-state index in [1.807, 2.05) is 6.07 Å². The maximum Gasteiger partial charge on any atom is 0.138 e. The molecule has 1 aromatic carbocycles. The van der Waals surface area contributed by atoms with Gasteiger partial charge in [0.2, 0.25) is 0 Å². The maximum absolute atomic E-state index is 9.09. The fourth-order valence-electron chi connectivity index (χ4n) is 0.818. The molecule has 13 heavy (non-hydrogen) atoms. The molecule has 0 saturated carbocycles. The van der Waals surface area contributed by atoms with Crippen molar-refractivity contribution in [3.8, 4) is 23.7 Å². The Kier molecular flexibility index (Phi) is 2.78. The van der Waals surface area contributed by atoms with Gasteiger partial charge in [-0.05, 0) is 18.2 Å². The summed E-state index contributed by atoms with van der Waals surface area (Å²) in [4.78, 5) is 0. The monoisotopic (exact) mass is 172 g/mol. The van der Waals surface area contributed by atoms with Crippen molar-refractivity contribution in [2.45, 2.75) is 6.42 Å². The second kappa shape index (κ2) is 4.04. The first kappa shape index (κ1) is 8.96. The lowest BCUT2D eigenvalue weighted by Crippen LogP contribution is -1.86. The minimum absolute atomic E-state index is 0.0471. The SMILES string of the molecule is N#CCC#Cc1ccc(O)c(N)c1. The Morgan fingerprint density at radius 2 is 2.23 bits per heavy atom. The minimum Gasteiger partial charge on any atom is -0.506 e. The Morgan fingerprint density at radius 1 is 1.46 bits per heavy atom. The summed E-state index contributed by atoms with van der Waals surface area (Å²) in [5.74, 6) is 5.45. The molecule has 0 spiro atoms. The van der Waals surface area contributed by atoms with Crippen molar-refractivity contribution >= 4 is 5.69 Å². The molecule has 0 aliphatic rings. The van der Waals surface area contributed by atoms with E-state index in [0.717, 1.165) is 0 Å². The zero-order chi connectivity index (χ0) is 9.68. The summed E-state index contributed by atoms with van der Waals surface area (Å²) in [6.07, 6.45) is 0.195. The number of hydrogen-bond donors (Lipinski definition) is 2. The van der Waals surface area contributed by atoms with Gasteiger partial charge in [0.25, 0.3) is 0 Å². The van der Waals surface area contributed by atoms with Crippen molar-refractivity contribution in [1.82, 2.24) is 0 Å². The van der Waals surface area contributed by atoms with Gasteiger partial charge in [-0.3, -0.25) is 0 Å². The smallest absolute Gasteiger partial charge is 0.138 e. The van der Waals surface area contributed by atoms with E-state index < -0.39 is 0 Å². The summed E-state index contributed by atoms with van der Waals surface area (Å²) < 4.78 is 0. The van der Waals surface area contributed by atoms with Crippen LogP contribution in [0.4, 0.5) is 5.69 Å². The Morgan fingerprint density at radius 3 is 2.85 bits per heavy atom. The summed E-state index contributed by atoms with van der Waals surface area (Å²) in [7, 11) is 0. The number of nitrogens with zero attached hydrogens (tertiary/aromatic N) is 1. The fourth-order valence-corrected chi connectivity index (χ4v) is 0.818. The summed E-state index contributed by atoms with van der Waals surface area (Å²) in [5, 5.41) is 17.3.